The first-order chi connectivity index (χ1) is 6.72. The molecule has 0 aromatic carbocycles. The van der Waals surface area contributed by atoms with Crippen LogP contribution in [0.1, 0.15) is 20.3 Å². The Labute approximate surface area is 86.3 Å². The molecule has 0 bridgehead atoms. The van der Waals surface area contributed by atoms with Gasteiger partial charge in [-0.25, -0.2) is 0 Å². The summed E-state index contributed by atoms with van der Waals surface area (Å²) in [5.74, 6) is -0.121. The summed E-state index contributed by atoms with van der Waals surface area (Å²) in [5, 5.41) is 13.1. The number of hydrogen-bond donors (Lipinski definition) is 2. The molecule has 1 aromatic rings. The van der Waals surface area contributed by atoms with E-state index in [-0.39, 0.29) is 12.5 Å². The molecule has 1 heterocycles. The Balaban J connectivity index is 2.23. The summed E-state index contributed by atoms with van der Waals surface area (Å²) in [5.41, 5.74) is 0. The molecule has 78 valence electrons. The fraction of sp³-hybridized carbons (Fsp3) is 0.714. The minimum absolute atomic E-state index is 0.121. The van der Waals surface area contributed by atoms with Crippen LogP contribution in [0.15, 0.2) is 0 Å². The highest BCUT2D eigenvalue weighted by atomic mass is 32.1. The molecule has 1 unspecified atom stereocenters. The summed E-state index contributed by atoms with van der Waals surface area (Å²) >= 11 is 1.06. The van der Waals surface area contributed by atoms with Gasteiger partial charge >= 0.3 is 0 Å². The Morgan fingerprint density at radius 2 is 2.43 bits per heavy atom. The quantitative estimate of drug-likeness (QED) is 0.736. The number of carbonyl (C=O) groups excluding carboxylic acids is 1. The SMILES string of the molecule is CCC(C)NCC(=O)Nc1nnns1. The maximum Gasteiger partial charge on any atom is 0.240 e. The summed E-state index contributed by atoms with van der Waals surface area (Å²) < 4.78 is 3.53. The summed E-state index contributed by atoms with van der Waals surface area (Å²) in [6.45, 7) is 4.37. The van der Waals surface area contributed by atoms with Gasteiger partial charge in [-0.1, -0.05) is 16.5 Å². The van der Waals surface area contributed by atoms with Gasteiger partial charge in [0.05, 0.1) is 6.54 Å². The third-order valence-corrected chi connectivity index (χ3v) is 2.28. The molecule has 0 aliphatic carbocycles. The van der Waals surface area contributed by atoms with Crippen molar-refractivity contribution in [3.63, 3.8) is 0 Å². The van der Waals surface area contributed by atoms with Crippen LogP contribution in [0.25, 0.3) is 0 Å². The van der Waals surface area contributed by atoms with Crippen LogP contribution < -0.4 is 10.6 Å². The minimum atomic E-state index is -0.121. The van der Waals surface area contributed by atoms with Crippen molar-refractivity contribution in [1.82, 2.24) is 20.1 Å². The second kappa shape index (κ2) is 5.61. The van der Waals surface area contributed by atoms with Gasteiger partial charge in [0.15, 0.2) is 0 Å². The number of carbonyl (C=O) groups is 1. The molecular weight excluding hydrogens is 202 g/mol. The van der Waals surface area contributed by atoms with Crippen LogP contribution in [0.2, 0.25) is 0 Å². The highest BCUT2D eigenvalue weighted by Gasteiger charge is 2.06. The smallest absolute Gasteiger partial charge is 0.240 e. The molecule has 1 aromatic heterocycles. The number of amides is 1. The average molecular weight is 215 g/mol. The van der Waals surface area contributed by atoms with Crippen molar-refractivity contribution in [3.8, 4) is 0 Å². The Kier molecular flexibility index (Phi) is 4.41. The third kappa shape index (κ3) is 3.75. The van der Waals surface area contributed by atoms with Crippen LogP contribution in [0.3, 0.4) is 0 Å². The monoisotopic (exact) mass is 215 g/mol. The van der Waals surface area contributed by atoms with Gasteiger partial charge in [0.2, 0.25) is 11.0 Å². The topological polar surface area (TPSA) is 79.8 Å². The summed E-state index contributed by atoms with van der Waals surface area (Å²) in [4.78, 5) is 11.3. The van der Waals surface area contributed by atoms with E-state index in [0.717, 1.165) is 18.0 Å². The molecular formula is C7H13N5OS. The van der Waals surface area contributed by atoms with E-state index in [4.69, 9.17) is 0 Å². The van der Waals surface area contributed by atoms with E-state index >= 15 is 0 Å². The van der Waals surface area contributed by atoms with Gasteiger partial charge in [0.1, 0.15) is 0 Å². The second-order valence-corrected chi connectivity index (χ2v) is 3.64. The minimum Gasteiger partial charge on any atom is -0.306 e. The first kappa shape index (κ1) is 11.0. The van der Waals surface area contributed by atoms with Gasteiger partial charge in [0.25, 0.3) is 0 Å². The van der Waals surface area contributed by atoms with E-state index in [0.29, 0.717) is 11.2 Å². The molecule has 0 aliphatic heterocycles. The van der Waals surface area contributed by atoms with Gasteiger partial charge in [-0.3, -0.25) is 10.1 Å². The maximum atomic E-state index is 11.3. The number of nitrogens with one attached hydrogen (secondary N) is 2. The average Bonchev–Trinajstić information content (AvgIpc) is 2.66. The van der Waals surface area contributed by atoms with Crippen molar-refractivity contribution >= 4 is 22.6 Å². The van der Waals surface area contributed by atoms with Crippen molar-refractivity contribution in [2.24, 2.45) is 0 Å². The lowest BCUT2D eigenvalue weighted by Gasteiger charge is -2.09. The van der Waals surface area contributed by atoms with Crippen LogP contribution in [0, 0.1) is 0 Å². The molecule has 0 radical (unpaired) electrons. The number of aromatic nitrogens is 3. The van der Waals surface area contributed by atoms with Gasteiger partial charge in [0, 0.05) is 17.6 Å². The van der Waals surface area contributed by atoms with Crippen molar-refractivity contribution in [3.05, 3.63) is 0 Å². The molecule has 0 aliphatic rings. The molecule has 1 atom stereocenters. The Bertz CT molecular complexity index is 276. The van der Waals surface area contributed by atoms with Crippen LogP contribution in [0.4, 0.5) is 5.13 Å². The Morgan fingerprint density at radius 3 is 3.00 bits per heavy atom. The zero-order valence-corrected chi connectivity index (χ0v) is 8.97. The fourth-order valence-corrected chi connectivity index (χ4v) is 1.14. The van der Waals surface area contributed by atoms with Gasteiger partial charge in [-0.05, 0) is 18.6 Å². The Morgan fingerprint density at radius 1 is 1.64 bits per heavy atom. The first-order valence-corrected chi connectivity index (χ1v) is 5.18. The maximum absolute atomic E-state index is 11.3. The zero-order valence-electron chi connectivity index (χ0n) is 8.15. The second-order valence-electron chi connectivity index (χ2n) is 2.91. The predicted octanol–water partition coefficient (Wildman–Crippen LogP) is 0.260. The van der Waals surface area contributed by atoms with E-state index in [2.05, 4.69) is 32.4 Å². The van der Waals surface area contributed by atoms with E-state index < -0.39 is 0 Å². The summed E-state index contributed by atoms with van der Waals surface area (Å²) in [7, 11) is 0. The van der Waals surface area contributed by atoms with Gasteiger partial charge in [-0.2, -0.15) is 0 Å². The van der Waals surface area contributed by atoms with Crippen LogP contribution in [-0.4, -0.2) is 33.3 Å². The molecule has 6 nitrogen and oxygen atoms in total. The van der Waals surface area contributed by atoms with E-state index in [1.165, 1.54) is 0 Å². The van der Waals surface area contributed by atoms with E-state index in [1.807, 2.05) is 6.92 Å². The molecule has 14 heavy (non-hydrogen) atoms. The van der Waals surface area contributed by atoms with E-state index in [1.54, 1.807) is 0 Å². The number of rotatable bonds is 5. The highest BCUT2D eigenvalue weighted by Crippen LogP contribution is 2.03. The third-order valence-electron chi connectivity index (χ3n) is 1.77. The van der Waals surface area contributed by atoms with Crippen molar-refractivity contribution < 1.29 is 4.79 Å². The number of anilines is 1. The van der Waals surface area contributed by atoms with Crippen molar-refractivity contribution in [2.75, 3.05) is 11.9 Å². The summed E-state index contributed by atoms with van der Waals surface area (Å²) in [6.07, 6.45) is 0.994. The molecule has 7 heteroatoms. The molecule has 0 saturated heterocycles. The van der Waals surface area contributed by atoms with Crippen molar-refractivity contribution in [1.29, 1.82) is 0 Å². The summed E-state index contributed by atoms with van der Waals surface area (Å²) in [6, 6.07) is 0.341. The largest absolute Gasteiger partial charge is 0.306 e. The number of nitrogens with zero attached hydrogens (tertiary/aromatic N) is 3. The molecule has 0 saturated carbocycles. The molecule has 0 fully saturated rings. The van der Waals surface area contributed by atoms with Crippen LogP contribution >= 0.6 is 11.5 Å². The zero-order chi connectivity index (χ0) is 10.4. The predicted molar refractivity (Wildman–Crippen MR) is 54.1 cm³/mol. The van der Waals surface area contributed by atoms with Gasteiger partial charge < -0.3 is 5.32 Å². The first-order valence-electron chi connectivity index (χ1n) is 4.40. The van der Waals surface area contributed by atoms with Crippen molar-refractivity contribution in [2.45, 2.75) is 26.3 Å². The standard InChI is InChI=1S/C7H13N5OS/c1-3-5(2)8-4-6(13)9-7-10-11-12-14-7/h5,8H,3-4H2,1-2H3,(H,9,10,12,13). The lowest BCUT2D eigenvalue weighted by molar-refractivity contribution is -0.115. The molecule has 2 N–H and O–H groups in total. The van der Waals surface area contributed by atoms with E-state index in [9.17, 15) is 4.79 Å². The van der Waals surface area contributed by atoms with Gasteiger partial charge in [-0.15, -0.1) is 0 Å². The highest BCUT2D eigenvalue weighted by molar-refractivity contribution is 7.09. The Hall–Kier alpha value is -1.08. The molecule has 1 rings (SSSR count). The lowest BCUT2D eigenvalue weighted by atomic mass is 10.2. The normalized spacial score (nSPS) is 12.4. The van der Waals surface area contributed by atoms with Crippen LogP contribution in [-0.2, 0) is 4.79 Å². The molecule has 0 spiro atoms. The molecule has 1 amide bonds. The number of hydrogen-bond acceptors (Lipinski definition) is 6. The fourth-order valence-electron chi connectivity index (χ4n) is 0.757. The lowest BCUT2D eigenvalue weighted by Crippen LogP contribution is -2.33. The van der Waals surface area contributed by atoms with Crippen LogP contribution in [0.5, 0.6) is 0 Å².